The van der Waals surface area contributed by atoms with Crippen LogP contribution in [0.5, 0.6) is 0 Å². The molecule has 2 nitrogen and oxygen atoms in total. The van der Waals surface area contributed by atoms with Gasteiger partial charge >= 0.3 is 0 Å². The van der Waals surface area contributed by atoms with Crippen LogP contribution in [0, 0.1) is 6.92 Å². The Bertz CT molecular complexity index is 920. The minimum Gasteiger partial charge on any atom is -0.436 e. The quantitative estimate of drug-likeness (QED) is 0.488. The molecule has 0 fully saturated rings. The number of nitrogens with zero attached hydrogens (tertiary/aromatic N) is 1. The van der Waals surface area contributed by atoms with E-state index in [0.717, 1.165) is 22.2 Å². The Morgan fingerprint density at radius 1 is 0.682 bits per heavy atom. The molecule has 0 bridgehead atoms. The van der Waals surface area contributed by atoms with E-state index in [1.807, 2.05) is 36.4 Å². The van der Waals surface area contributed by atoms with Gasteiger partial charge in [-0.3, -0.25) is 0 Å². The summed E-state index contributed by atoms with van der Waals surface area (Å²) < 4.78 is 5.94. The van der Waals surface area contributed by atoms with Gasteiger partial charge in [0, 0.05) is 5.56 Å². The molecule has 2 heteroatoms. The fraction of sp³-hybridized carbons (Fsp3) is 0.0500. The molecule has 0 saturated heterocycles. The first-order chi connectivity index (χ1) is 10.8. The highest BCUT2D eigenvalue weighted by atomic mass is 16.3. The molecule has 0 aliphatic carbocycles. The Morgan fingerprint density at radius 3 is 2.09 bits per heavy atom. The van der Waals surface area contributed by atoms with Gasteiger partial charge in [-0.15, -0.1) is 0 Å². The molecule has 0 N–H and O–H groups in total. The molecule has 4 rings (SSSR count). The van der Waals surface area contributed by atoms with Crippen molar-refractivity contribution in [1.29, 1.82) is 0 Å². The largest absolute Gasteiger partial charge is 0.436 e. The first-order valence-corrected chi connectivity index (χ1v) is 7.34. The Morgan fingerprint density at radius 2 is 1.32 bits per heavy atom. The lowest BCUT2D eigenvalue weighted by Crippen LogP contribution is -1.87. The van der Waals surface area contributed by atoms with Gasteiger partial charge in [0.25, 0.3) is 0 Å². The number of aryl methyl sites for hydroxylation is 1. The van der Waals surface area contributed by atoms with E-state index in [4.69, 9.17) is 4.42 Å². The number of benzene rings is 3. The molecule has 1 aromatic heterocycles. The first kappa shape index (κ1) is 12.8. The number of aromatic nitrogens is 1. The van der Waals surface area contributed by atoms with Crippen LogP contribution in [-0.4, -0.2) is 4.98 Å². The van der Waals surface area contributed by atoms with Crippen molar-refractivity contribution in [1.82, 2.24) is 4.98 Å². The maximum absolute atomic E-state index is 5.94. The summed E-state index contributed by atoms with van der Waals surface area (Å²) in [6.07, 6.45) is 0. The Kier molecular flexibility index (Phi) is 3.01. The van der Waals surface area contributed by atoms with Crippen molar-refractivity contribution < 1.29 is 4.42 Å². The fourth-order valence-corrected chi connectivity index (χ4v) is 2.77. The lowest BCUT2D eigenvalue weighted by atomic mass is 9.96. The molecular weight excluding hydrogens is 270 g/mol. The van der Waals surface area contributed by atoms with Crippen LogP contribution in [0.2, 0.25) is 0 Å². The number of oxazole rings is 1. The summed E-state index contributed by atoms with van der Waals surface area (Å²) in [7, 11) is 0. The number of hydrogen-bond acceptors (Lipinski definition) is 2. The monoisotopic (exact) mass is 285 g/mol. The summed E-state index contributed by atoms with van der Waals surface area (Å²) in [5.41, 5.74) is 6.32. The predicted octanol–water partition coefficient (Wildman–Crippen LogP) is 5.47. The van der Waals surface area contributed by atoms with Crippen molar-refractivity contribution in [3.8, 4) is 22.6 Å². The Labute approximate surface area is 129 Å². The van der Waals surface area contributed by atoms with E-state index in [2.05, 4.69) is 48.3 Å². The zero-order chi connectivity index (χ0) is 14.9. The molecule has 4 aromatic rings. The number of fused-ring (bicyclic) bond motifs is 1. The molecule has 1 heterocycles. The minimum atomic E-state index is 0.667. The van der Waals surface area contributed by atoms with Gasteiger partial charge in [0.2, 0.25) is 5.89 Å². The summed E-state index contributed by atoms with van der Waals surface area (Å²) in [6.45, 7) is 2.12. The number of para-hydroxylation sites is 2. The van der Waals surface area contributed by atoms with E-state index in [-0.39, 0.29) is 0 Å². The Hall–Kier alpha value is -2.87. The molecule has 0 aliphatic heterocycles. The maximum atomic E-state index is 5.94. The highest BCUT2D eigenvalue weighted by Crippen LogP contribution is 2.34. The van der Waals surface area contributed by atoms with Crippen LogP contribution in [0.15, 0.2) is 77.2 Å². The normalized spacial score (nSPS) is 11.0. The van der Waals surface area contributed by atoms with Gasteiger partial charge in [-0.2, -0.15) is 0 Å². The van der Waals surface area contributed by atoms with Crippen molar-refractivity contribution in [2.24, 2.45) is 0 Å². The van der Waals surface area contributed by atoms with Crippen molar-refractivity contribution in [2.45, 2.75) is 6.92 Å². The highest BCUT2D eigenvalue weighted by Gasteiger charge is 2.13. The second-order valence-corrected chi connectivity index (χ2v) is 5.35. The molecule has 22 heavy (non-hydrogen) atoms. The van der Waals surface area contributed by atoms with Crippen LogP contribution in [0.1, 0.15) is 5.56 Å². The standard InChI is InChI=1S/C20H15NO/c1-14-8-2-3-9-15(14)16-10-4-5-11-17(16)20-21-18-12-6-7-13-19(18)22-20/h2-13H,1H3. The van der Waals surface area contributed by atoms with Crippen LogP contribution in [0.3, 0.4) is 0 Å². The van der Waals surface area contributed by atoms with Crippen molar-refractivity contribution in [2.75, 3.05) is 0 Å². The zero-order valence-electron chi connectivity index (χ0n) is 12.3. The van der Waals surface area contributed by atoms with Crippen LogP contribution in [0.25, 0.3) is 33.7 Å². The van der Waals surface area contributed by atoms with Gasteiger partial charge in [0.1, 0.15) is 5.52 Å². The molecule has 0 spiro atoms. The van der Waals surface area contributed by atoms with Crippen molar-refractivity contribution in [3.05, 3.63) is 78.4 Å². The lowest BCUT2D eigenvalue weighted by molar-refractivity contribution is 0.620. The SMILES string of the molecule is Cc1ccccc1-c1ccccc1-c1nc2ccccc2o1. The van der Waals surface area contributed by atoms with Crippen molar-refractivity contribution >= 4 is 11.1 Å². The zero-order valence-corrected chi connectivity index (χ0v) is 12.3. The second-order valence-electron chi connectivity index (χ2n) is 5.35. The Balaban J connectivity index is 1.95. The minimum absolute atomic E-state index is 0.667. The molecule has 0 amide bonds. The molecule has 0 atom stereocenters. The van der Waals surface area contributed by atoms with E-state index in [1.165, 1.54) is 11.1 Å². The first-order valence-electron chi connectivity index (χ1n) is 7.34. The van der Waals surface area contributed by atoms with Gasteiger partial charge in [-0.1, -0.05) is 54.6 Å². The van der Waals surface area contributed by atoms with E-state index in [1.54, 1.807) is 0 Å². The van der Waals surface area contributed by atoms with E-state index < -0.39 is 0 Å². The third-order valence-electron chi connectivity index (χ3n) is 3.89. The molecule has 0 radical (unpaired) electrons. The average molecular weight is 285 g/mol. The molecule has 106 valence electrons. The third kappa shape index (κ3) is 2.09. The fourth-order valence-electron chi connectivity index (χ4n) is 2.77. The summed E-state index contributed by atoms with van der Waals surface area (Å²) >= 11 is 0. The van der Waals surface area contributed by atoms with Gasteiger partial charge in [0.05, 0.1) is 0 Å². The van der Waals surface area contributed by atoms with Crippen molar-refractivity contribution in [3.63, 3.8) is 0 Å². The van der Waals surface area contributed by atoms with Crippen LogP contribution in [-0.2, 0) is 0 Å². The average Bonchev–Trinajstić information content (AvgIpc) is 2.99. The number of hydrogen-bond donors (Lipinski definition) is 0. The van der Waals surface area contributed by atoms with E-state index >= 15 is 0 Å². The maximum Gasteiger partial charge on any atom is 0.227 e. The second kappa shape index (κ2) is 5.15. The smallest absolute Gasteiger partial charge is 0.227 e. The third-order valence-corrected chi connectivity index (χ3v) is 3.89. The highest BCUT2D eigenvalue weighted by molar-refractivity contribution is 5.84. The molecule has 0 unspecified atom stereocenters. The molecule has 3 aromatic carbocycles. The molecule has 0 saturated carbocycles. The van der Waals surface area contributed by atoms with Gasteiger partial charge in [-0.05, 0) is 41.8 Å². The predicted molar refractivity (Wildman–Crippen MR) is 89.6 cm³/mol. The van der Waals surface area contributed by atoms with Gasteiger partial charge in [0.15, 0.2) is 5.58 Å². The van der Waals surface area contributed by atoms with Crippen LogP contribution >= 0.6 is 0 Å². The van der Waals surface area contributed by atoms with E-state index in [9.17, 15) is 0 Å². The number of rotatable bonds is 2. The topological polar surface area (TPSA) is 26.0 Å². The van der Waals surface area contributed by atoms with Crippen LogP contribution < -0.4 is 0 Å². The molecule has 0 aliphatic rings. The van der Waals surface area contributed by atoms with E-state index in [0.29, 0.717) is 5.89 Å². The summed E-state index contributed by atoms with van der Waals surface area (Å²) in [5.74, 6) is 0.667. The summed E-state index contributed by atoms with van der Waals surface area (Å²) in [6, 6.07) is 24.5. The lowest BCUT2D eigenvalue weighted by Gasteiger charge is -2.09. The van der Waals surface area contributed by atoms with Gasteiger partial charge in [-0.25, -0.2) is 4.98 Å². The molecular formula is C20H15NO. The van der Waals surface area contributed by atoms with Gasteiger partial charge < -0.3 is 4.42 Å². The van der Waals surface area contributed by atoms with Crippen LogP contribution in [0.4, 0.5) is 0 Å². The summed E-state index contributed by atoms with van der Waals surface area (Å²) in [4.78, 5) is 4.63. The summed E-state index contributed by atoms with van der Waals surface area (Å²) in [5, 5.41) is 0.